The van der Waals surface area contributed by atoms with Crippen LogP contribution < -0.4 is 14.8 Å². The van der Waals surface area contributed by atoms with E-state index in [4.69, 9.17) is 30.3 Å². The number of carbonyl (C=O) groups is 1. The predicted molar refractivity (Wildman–Crippen MR) is 101 cm³/mol. The number of halogens is 1. The Labute approximate surface area is 160 Å². The van der Waals surface area contributed by atoms with Crippen molar-refractivity contribution in [3.05, 3.63) is 53.1 Å². The van der Waals surface area contributed by atoms with Crippen LogP contribution in [0.5, 0.6) is 11.5 Å². The molecule has 7 nitrogen and oxygen atoms in total. The highest BCUT2D eigenvalue weighted by atomic mass is 35.5. The molecule has 27 heavy (non-hydrogen) atoms. The van der Waals surface area contributed by atoms with Gasteiger partial charge >= 0.3 is 5.97 Å². The molecule has 0 aliphatic heterocycles. The normalized spacial score (nSPS) is 10.4. The fourth-order valence-corrected chi connectivity index (χ4v) is 2.72. The Bertz CT molecular complexity index is 970. The fourth-order valence-electron chi connectivity index (χ4n) is 2.53. The van der Waals surface area contributed by atoms with Crippen molar-refractivity contribution in [2.24, 2.45) is 0 Å². The Morgan fingerprint density at radius 1 is 1.11 bits per heavy atom. The van der Waals surface area contributed by atoms with Crippen molar-refractivity contribution in [3.63, 3.8) is 0 Å². The van der Waals surface area contributed by atoms with Crippen molar-refractivity contribution in [1.29, 1.82) is 0 Å². The first-order valence-electron chi connectivity index (χ1n) is 7.90. The second-order valence-corrected chi connectivity index (χ2v) is 5.86. The van der Waals surface area contributed by atoms with E-state index >= 15 is 0 Å². The van der Waals surface area contributed by atoms with Gasteiger partial charge in [0.05, 0.1) is 27.0 Å². The van der Waals surface area contributed by atoms with Gasteiger partial charge in [0.1, 0.15) is 17.2 Å². The van der Waals surface area contributed by atoms with Gasteiger partial charge in [0, 0.05) is 16.7 Å². The Hall–Kier alpha value is -3.19. The summed E-state index contributed by atoms with van der Waals surface area (Å²) in [5.41, 5.74) is 1.62. The highest BCUT2D eigenvalue weighted by molar-refractivity contribution is 6.30. The van der Waals surface area contributed by atoms with E-state index in [9.17, 15) is 4.79 Å². The molecule has 0 fully saturated rings. The quantitative estimate of drug-likeness (QED) is 0.620. The molecule has 140 valence electrons. The Balaban J connectivity index is 2.08. The molecule has 0 aliphatic carbocycles. The van der Waals surface area contributed by atoms with Crippen LogP contribution >= 0.6 is 11.6 Å². The van der Waals surface area contributed by atoms with E-state index in [-0.39, 0.29) is 11.4 Å². The number of hydrogen-bond acceptors (Lipinski definition) is 7. The van der Waals surface area contributed by atoms with Gasteiger partial charge in [0.2, 0.25) is 5.88 Å². The SMILES string of the molecule is COC(=O)c1c(-c2cccc(Cl)c2)noc1Nc1cc(OC)ccc1OC. The molecule has 3 aromatic rings. The average Bonchev–Trinajstić information content (AvgIpc) is 3.10. The molecular formula is C19H17ClN2O5. The highest BCUT2D eigenvalue weighted by Gasteiger charge is 2.26. The lowest BCUT2D eigenvalue weighted by molar-refractivity contribution is 0.0602. The molecule has 0 unspecified atom stereocenters. The molecule has 0 radical (unpaired) electrons. The lowest BCUT2D eigenvalue weighted by Gasteiger charge is -2.11. The van der Waals surface area contributed by atoms with E-state index in [1.54, 1.807) is 49.6 Å². The largest absolute Gasteiger partial charge is 0.497 e. The van der Waals surface area contributed by atoms with Crippen molar-refractivity contribution in [2.75, 3.05) is 26.6 Å². The monoisotopic (exact) mass is 388 g/mol. The summed E-state index contributed by atoms with van der Waals surface area (Å²) in [5, 5.41) is 7.55. The number of nitrogens with zero attached hydrogens (tertiary/aromatic N) is 1. The second kappa shape index (κ2) is 8.01. The molecule has 0 bridgehead atoms. The Kier molecular flexibility index (Phi) is 5.52. The first-order chi connectivity index (χ1) is 13.1. The molecule has 0 atom stereocenters. The van der Waals surface area contributed by atoms with Gasteiger partial charge < -0.3 is 24.1 Å². The molecule has 0 saturated heterocycles. The molecular weight excluding hydrogens is 372 g/mol. The first kappa shape index (κ1) is 18.6. The zero-order valence-electron chi connectivity index (χ0n) is 14.9. The van der Waals surface area contributed by atoms with Gasteiger partial charge in [-0.25, -0.2) is 4.79 Å². The van der Waals surface area contributed by atoms with Crippen molar-refractivity contribution < 1.29 is 23.5 Å². The molecule has 1 aromatic heterocycles. The summed E-state index contributed by atoms with van der Waals surface area (Å²) >= 11 is 6.05. The van der Waals surface area contributed by atoms with Crippen LogP contribution in [0.15, 0.2) is 47.0 Å². The summed E-state index contributed by atoms with van der Waals surface area (Å²) in [6.07, 6.45) is 0. The van der Waals surface area contributed by atoms with Gasteiger partial charge in [0.25, 0.3) is 0 Å². The van der Waals surface area contributed by atoms with Gasteiger partial charge in [-0.05, 0) is 24.3 Å². The topological polar surface area (TPSA) is 82.8 Å². The van der Waals surface area contributed by atoms with Crippen molar-refractivity contribution in [3.8, 4) is 22.8 Å². The van der Waals surface area contributed by atoms with Crippen molar-refractivity contribution in [2.45, 2.75) is 0 Å². The van der Waals surface area contributed by atoms with Crippen LogP contribution in [0.4, 0.5) is 11.6 Å². The summed E-state index contributed by atoms with van der Waals surface area (Å²) in [6.45, 7) is 0. The van der Waals surface area contributed by atoms with Crippen molar-refractivity contribution in [1.82, 2.24) is 5.16 Å². The Morgan fingerprint density at radius 3 is 2.59 bits per heavy atom. The van der Waals surface area contributed by atoms with Gasteiger partial charge in [-0.3, -0.25) is 0 Å². The van der Waals surface area contributed by atoms with E-state index in [1.165, 1.54) is 14.2 Å². The third kappa shape index (κ3) is 3.83. The molecule has 0 spiro atoms. The fraction of sp³-hybridized carbons (Fsp3) is 0.158. The summed E-state index contributed by atoms with van der Waals surface area (Å²) in [5.74, 6) is 0.652. The number of nitrogens with one attached hydrogen (secondary N) is 1. The summed E-state index contributed by atoms with van der Waals surface area (Å²) in [7, 11) is 4.37. The molecule has 3 rings (SSSR count). The molecule has 0 amide bonds. The highest BCUT2D eigenvalue weighted by Crippen LogP contribution is 2.36. The van der Waals surface area contributed by atoms with Gasteiger partial charge in [-0.2, -0.15) is 0 Å². The summed E-state index contributed by atoms with van der Waals surface area (Å²) in [4.78, 5) is 12.4. The number of carbonyl (C=O) groups excluding carboxylic acids is 1. The van der Waals surface area contributed by atoms with E-state index in [1.807, 2.05) is 0 Å². The van der Waals surface area contributed by atoms with E-state index in [0.29, 0.717) is 33.5 Å². The number of ether oxygens (including phenoxy) is 3. The molecule has 1 heterocycles. The maximum atomic E-state index is 12.4. The summed E-state index contributed by atoms with van der Waals surface area (Å²) < 4.78 is 20.9. The molecule has 0 aliphatic rings. The number of hydrogen-bond donors (Lipinski definition) is 1. The maximum Gasteiger partial charge on any atom is 0.345 e. The minimum absolute atomic E-state index is 0.114. The van der Waals surface area contributed by atoms with E-state index in [0.717, 1.165) is 0 Å². The molecule has 1 N–H and O–H groups in total. The van der Waals surface area contributed by atoms with Gasteiger partial charge in [-0.1, -0.05) is 28.9 Å². The number of esters is 1. The third-order valence-corrected chi connectivity index (χ3v) is 4.07. The van der Waals surface area contributed by atoms with Crippen LogP contribution in [0.3, 0.4) is 0 Å². The lowest BCUT2D eigenvalue weighted by atomic mass is 10.1. The molecule has 2 aromatic carbocycles. The van der Waals surface area contributed by atoms with E-state index in [2.05, 4.69) is 10.5 Å². The first-order valence-corrected chi connectivity index (χ1v) is 8.28. The van der Waals surface area contributed by atoms with E-state index < -0.39 is 5.97 Å². The van der Waals surface area contributed by atoms with Crippen LogP contribution in [0.1, 0.15) is 10.4 Å². The number of anilines is 2. The lowest BCUT2D eigenvalue weighted by Crippen LogP contribution is -2.06. The maximum absolute atomic E-state index is 12.4. The van der Waals surface area contributed by atoms with Crippen molar-refractivity contribution >= 4 is 29.1 Å². The van der Waals surface area contributed by atoms with Crippen LogP contribution in [-0.4, -0.2) is 32.5 Å². The molecule has 8 heteroatoms. The molecule has 0 saturated carbocycles. The van der Waals surface area contributed by atoms with Crippen LogP contribution in [0.2, 0.25) is 5.02 Å². The van der Waals surface area contributed by atoms with Gasteiger partial charge in [0.15, 0.2) is 5.56 Å². The minimum atomic E-state index is -0.601. The zero-order valence-corrected chi connectivity index (χ0v) is 15.7. The minimum Gasteiger partial charge on any atom is -0.497 e. The number of benzene rings is 2. The zero-order chi connectivity index (χ0) is 19.4. The van der Waals surface area contributed by atoms with Crippen LogP contribution in [0.25, 0.3) is 11.3 Å². The predicted octanol–water partition coefficient (Wildman–Crippen LogP) is 4.54. The summed E-state index contributed by atoms with van der Waals surface area (Å²) in [6, 6.07) is 12.1. The standard InChI is InChI=1S/C19H17ClN2O5/c1-24-13-7-8-15(25-2)14(10-13)21-18-16(19(23)26-3)17(22-27-18)11-5-4-6-12(20)9-11/h4-10,21H,1-3H3. The number of methoxy groups -OCH3 is 3. The van der Waals surface area contributed by atoms with Gasteiger partial charge in [-0.15, -0.1) is 0 Å². The third-order valence-electron chi connectivity index (χ3n) is 3.83. The average molecular weight is 389 g/mol. The number of aromatic nitrogens is 1. The number of rotatable bonds is 6. The van der Waals surface area contributed by atoms with Crippen LogP contribution in [-0.2, 0) is 4.74 Å². The smallest absolute Gasteiger partial charge is 0.345 e. The Morgan fingerprint density at radius 2 is 1.93 bits per heavy atom. The second-order valence-electron chi connectivity index (χ2n) is 5.43. The van der Waals surface area contributed by atoms with Crippen LogP contribution in [0, 0.1) is 0 Å².